The molecule has 0 aliphatic carbocycles. The van der Waals surface area contributed by atoms with Crippen LogP contribution in [0.15, 0.2) is 30.3 Å². The summed E-state index contributed by atoms with van der Waals surface area (Å²) < 4.78 is 11.0. The lowest BCUT2D eigenvalue weighted by atomic mass is 9.98. The summed E-state index contributed by atoms with van der Waals surface area (Å²) in [5.74, 6) is 1.05. The van der Waals surface area contributed by atoms with Gasteiger partial charge < -0.3 is 29.5 Å². The van der Waals surface area contributed by atoms with Gasteiger partial charge >= 0.3 is 0 Å². The van der Waals surface area contributed by atoms with Crippen LogP contribution in [0.25, 0.3) is 0 Å². The van der Waals surface area contributed by atoms with Crippen LogP contribution >= 0.6 is 0 Å². The number of benzene rings is 1. The Morgan fingerprint density at radius 3 is 2.33 bits per heavy atom. The summed E-state index contributed by atoms with van der Waals surface area (Å²) in [6, 6.07) is 10.6. The van der Waals surface area contributed by atoms with Crippen LogP contribution in [0.4, 0.5) is 22.9 Å². The third-order valence-electron chi connectivity index (χ3n) is 7.23. The lowest BCUT2D eigenvalue weighted by Gasteiger charge is -2.32. The summed E-state index contributed by atoms with van der Waals surface area (Å²) >= 11 is 0. The van der Waals surface area contributed by atoms with Crippen molar-refractivity contribution >= 4 is 28.8 Å². The summed E-state index contributed by atoms with van der Waals surface area (Å²) in [5, 5.41) is 3.09. The molecular weight excluding hydrogens is 418 g/mol. The Hall–Kier alpha value is -2.84. The molecule has 2 atom stereocenters. The van der Waals surface area contributed by atoms with E-state index in [1.54, 1.807) is 0 Å². The zero-order valence-electron chi connectivity index (χ0n) is 19.7. The van der Waals surface area contributed by atoms with Crippen molar-refractivity contribution in [2.45, 2.75) is 25.8 Å². The molecule has 4 heterocycles. The van der Waals surface area contributed by atoms with Crippen LogP contribution in [0.3, 0.4) is 0 Å². The summed E-state index contributed by atoms with van der Waals surface area (Å²) in [4.78, 5) is 24.8. The van der Waals surface area contributed by atoms with Gasteiger partial charge in [-0.1, -0.05) is 6.92 Å². The number of hydrogen-bond acceptors (Lipinski definition) is 7. The van der Waals surface area contributed by atoms with Gasteiger partial charge in [0.2, 0.25) is 0 Å². The Labute approximate surface area is 195 Å². The van der Waals surface area contributed by atoms with Crippen molar-refractivity contribution in [1.29, 1.82) is 0 Å². The number of anilines is 4. The van der Waals surface area contributed by atoms with Gasteiger partial charge in [-0.05, 0) is 36.8 Å². The number of carbonyl (C=O) groups excluding carboxylic acids is 1. The smallest absolute Gasteiger partial charge is 0.274 e. The normalized spacial score (nSPS) is 22.9. The van der Waals surface area contributed by atoms with Crippen molar-refractivity contribution < 1.29 is 14.3 Å². The maximum Gasteiger partial charge on any atom is 0.274 e. The molecule has 8 heteroatoms. The summed E-state index contributed by atoms with van der Waals surface area (Å²) in [6.07, 6.45) is 0. The van der Waals surface area contributed by atoms with Crippen LogP contribution in [-0.2, 0) is 9.47 Å². The summed E-state index contributed by atoms with van der Waals surface area (Å²) in [7, 11) is 2.12. The van der Waals surface area contributed by atoms with E-state index >= 15 is 0 Å². The first kappa shape index (κ1) is 22.0. The fourth-order valence-electron chi connectivity index (χ4n) is 4.90. The molecule has 33 heavy (non-hydrogen) atoms. The quantitative estimate of drug-likeness (QED) is 0.766. The van der Waals surface area contributed by atoms with Gasteiger partial charge in [0.1, 0.15) is 11.5 Å². The summed E-state index contributed by atoms with van der Waals surface area (Å²) in [6.45, 7) is 10.4. The van der Waals surface area contributed by atoms with Gasteiger partial charge in [-0.15, -0.1) is 0 Å². The molecule has 0 saturated carbocycles. The minimum absolute atomic E-state index is 0.188. The summed E-state index contributed by atoms with van der Waals surface area (Å²) in [5.41, 5.74) is 4.75. The highest BCUT2D eigenvalue weighted by Gasteiger charge is 2.30. The molecule has 5 rings (SSSR count). The van der Waals surface area contributed by atoms with Crippen LogP contribution in [0.2, 0.25) is 0 Å². The van der Waals surface area contributed by atoms with Crippen LogP contribution < -0.4 is 20.0 Å². The number of aromatic nitrogens is 1. The Morgan fingerprint density at radius 1 is 0.970 bits per heavy atom. The van der Waals surface area contributed by atoms with Gasteiger partial charge in [0.25, 0.3) is 5.91 Å². The monoisotopic (exact) mass is 451 g/mol. The van der Waals surface area contributed by atoms with Gasteiger partial charge in [0.05, 0.1) is 26.4 Å². The number of hydrogen-bond donors (Lipinski definition) is 1. The number of pyridine rings is 1. The van der Waals surface area contributed by atoms with E-state index in [4.69, 9.17) is 14.5 Å². The van der Waals surface area contributed by atoms with Gasteiger partial charge in [-0.25, -0.2) is 4.98 Å². The van der Waals surface area contributed by atoms with Crippen LogP contribution in [0.5, 0.6) is 0 Å². The average molecular weight is 452 g/mol. The van der Waals surface area contributed by atoms with Crippen molar-refractivity contribution in [2.75, 3.05) is 79.7 Å². The molecule has 1 N–H and O–H groups in total. The van der Waals surface area contributed by atoms with Gasteiger partial charge in [0.15, 0.2) is 0 Å². The van der Waals surface area contributed by atoms with E-state index in [1.807, 2.05) is 12.1 Å². The fourth-order valence-corrected chi connectivity index (χ4v) is 4.90. The number of carbonyl (C=O) groups is 1. The molecule has 8 nitrogen and oxygen atoms in total. The van der Waals surface area contributed by atoms with E-state index in [9.17, 15) is 4.79 Å². The maximum atomic E-state index is 13.3. The fraction of sp³-hybridized carbons (Fsp3) is 0.520. The average Bonchev–Trinajstić information content (AvgIpc) is 3.08. The molecule has 2 saturated heterocycles. The molecule has 176 valence electrons. The largest absolute Gasteiger partial charge is 0.378 e. The number of nitrogens with zero attached hydrogens (tertiary/aromatic N) is 4. The van der Waals surface area contributed by atoms with Crippen LogP contribution in [0.1, 0.15) is 35.8 Å². The second-order valence-corrected chi connectivity index (χ2v) is 9.14. The first-order chi connectivity index (χ1) is 16.0. The van der Waals surface area contributed by atoms with E-state index in [1.165, 1.54) is 11.3 Å². The molecule has 3 aliphatic heterocycles. The van der Waals surface area contributed by atoms with Crippen LogP contribution in [0, 0.1) is 0 Å². The molecule has 0 radical (unpaired) electrons. The zero-order valence-corrected chi connectivity index (χ0v) is 19.7. The molecule has 2 unspecified atom stereocenters. The van der Waals surface area contributed by atoms with Gasteiger partial charge in [0, 0.05) is 68.3 Å². The molecule has 0 spiro atoms. The van der Waals surface area contributed by atoms with Crippen molar-refractivity contribution in [2.24, 2.45) is 0 Å². The van der Waals surface area contributed by atoms with Crippen LogP contribution in [-0.4, -0.2) is 76.6 Å². The molecule has 1 aromatic carbocycles. The van der Waals surface area contributed by atoms with E-state index in [0.29, 0.717) is 44.1 Å². The SMILES string of the molecule is CC1c2cc(NC(=O)c3cc(N4CCOCC4)cc(N4CCOCC4)n3)ccc2N(C)C1C. The minimum Gasteiger partial charge on any atom is -0.378 e. The highest BCUT2D eigenvalue weighted by atomic mass is 16.5. The second-order valence-electron chi connectivity index (χ2n) is 9.14. The lowest BCUT2D eigenvalue weighted by molar-refractivity contribution is 0.102. The number of fused-ring (bicyclic) bond motifs is 1. The van der Waals surface area contributed by atoms with Crippen molar-refractivity contribution in [3.05, 3.63) is 41.6 Å². The number of morpholine rings is 2. The molecule has 2 fully saturated rings. The Morgan fingerprint density at radius 2 is 1.64 bits per heavy atom. The van der Waals surface area contributed by atoms with Crippen molar-refractivity contribution in [1.82, 2.24) is 4.98 Å². The number of amides is 1. The third-order valence-corrected chi connectivity index (χ3v) is 7.23. The number of rotatable bonds is 4. The topological polar surface area (TPSA) is 70.2 Å². The van der Waals surface area contributed by atoms with Gasteiger partial charge in [-0.2, -0.15) is 0 Å². The number of nitrogens with one attached hydrogen (secondary N) is 1. The molecule has 0 bridgehead atoms. The minimum atomic E-state index is -0.188. The first-order valence-corrected chi connectivity index (χ1v) is 11.9. The van der Waals surface area contributed by atoms with E-state index in [2.05, 4.69) is 59.1 Å². The Balaban J connectivity index is 1.42. The molecule has 1 aromatic heterocycles. The van der Waals surface area contributed by atoms with Crippen molar-refractivity contribution in [3.63, 3.8) is 0 Å². The second kappa shape index (κ2) is 9.19. The molecule has 1 amide bonds. The molecule has 2 aromatic rings. The van der Waals surface area contributed by atoms with E-state index < -0.39 is 0 Å². The zero-order chi connectivity index (χ0) is 22.9. The Kier molecular flexibility index (Phi) is 6.12. The van der Waals surface area contributed by atoms with Gasteiger partial charge in [-0.3, -0.25) is 4.79 Å². The predicted molar refractivity (Wildman–Crippen MR) is 131 cm³/mol. The standard InChI is InChI=1S/C25H33N5O3/c1-17-18(2)28(3)23-5-4-19(14-21(17)23)26-25(31)22-15-20(29-6-10-32-11-7-29)16-24(27-22)30-8-12-33-13-9-30/h4-5,14-18H,6-13H2,1-3H3,(H,26,31). The Bertz CT molecular complexity index is 981. The molecular formula is C25H33N5O3. The highest BCUT2D eigenvalue weighted by molar-refractivity contribution is 6.04. The number of likely N-dealkylation sites (N-methyl/N-ethyl adjacent to an activating group) is 1. The van der Waals surface area contributed by atoms with E-state index in [0.717, 1.165) is 43.4 Å². The highest BCUT2D eigenvalue weighted by Crippen LogP contribution is 2.40. The first-order valence-electron chi connectivity index (χ1n) is 11.9. The van der Waals surface area contributed by atoms with E-state index in [-0.39, 0.29) is 5.91 Å². The number of ether oxygens (including phenoxy) is 2. The van der Waals surface area contributed by atoms with Crippen molar-refractivity contribution in [3.8, 4) is 0 Å². The lowest BCUT2D eigenvalue weighted by Crippen LogP contribution is -2.38. The third kappa shape index (κ3) is 4.37. The molecule has 3 aliphatic rings. The predicted octanol–water partition coefficient (Wildman–Crippen LogP) is 2.95. The maximum absolute atomic E-state index is 13.3.